The molecule has 1 aliphatic rings. The fourth-order valence-electron chi connectivity index (χ4n) is 2.62. The van der Waals surface area contributed by atoms with Gasteiger partial charge in [0.1, 0.15) is 0 Å². The molecular formula is C16H20ClF3N2O3. The average Bonchev–Trinajstić information content (AvgIpc) is 2.56. The zero-order chi connectivity index (χ0) is 18.4. The molecule has 0 radical (unpaired) electrons. The largest absolute Gasteiger partial charge is 0.435 e. The van der Waals surface area contributed by atoms with E-state index in [0.717, 1.165) is 12.8 Å². The van der Waals surface area contributed by atoms with E-state index in [1.54, 1.807) is 4.90 Å². The maximum absolute atomic E-state index is 13.2. The molecule has 0 aliphatic carbocycles. The highest BCUT2D eigenvalue weighted by Crippen LogP contribution is 2.26. The van der Waals surface area contributed by atoms with Crippen LogP contribution >= 0.6 is 11.6 Å². The van der Waals surface area contributed by atoms with Crippen LogP contribution in [0.15, 0.2) is 24.3 Å². The summed E-state index contributed by atoms with van der Waals surface area (Å²) in [5.74, 6) is 0. The van der Waals surface area contributed by atoms with Crippen molar-refractivity contribution < 1.29 is 27.4 Å². The lowest BCUT2D eigenvalue weighted by Gasteiger charge is -2.34. The van der Waals surface area contributed by atoms with Gasteiger partial charge in [-0.05, 0) is 43.7 Å². The van der Waals surface area contributed by atoms with Crippen LogP contribution < -0.4 is 5.32 Å². The molecular weight excluding hydrogens is 361 g/mol. The Hall–Kier alpha value is -1.51. The number of rotatable bonds is 5. The molecule has 0 aromatic heterocycles. The van der Waals surface area contributed by atoms with Gasteiger partial charge in [-0.1, -0.05) is 11.6 Å². The number of carbonyl (C=O) groups is 1. The van der Waals surface area contributed by atoms with Crippen LogP contribution in [0.1, 0.15) is 12.8 Å². The van der Waals surface area contributed by atoms with E-state index in [1.807, 2.05) is 0 Å². The number of alkyl halides is 3. The molecule has 1 fully saturated rings. The van der Waals surface area contributed by atoms with E-state index in [1.165, 1.54) is 31.4 Å². The number of amides is 1. The molecule has 1 aliphatic heterocycles. The maximum atomic E-state index is 13.2. The third kappa shape index (κ3) is 6.37. The van der Waals surface area contributed by atoms with Gasteiger partial charge < -0.3 is 9.47 Å². The summed E-state index contributed by atoms with van der Waals surface area (Å²) in [6, 6.07) is 5.97. The summed E-state index contributed by atoms with van der Waals surface area (Å²) in [7, 11) is 1.53. The van der Waals surface area contributed by atoms with Crippen molar-refractivity contribution in [2.75, 3.05) is 32.1 Å². The van der Waals surface area contributed by atoms with Crippen molar-refractivity contribution in [3.8, 4) is 0 Å². The molecule has 1 amide bonds. The molecule has 140 valence electrons. The highest BCUT2D eigenvalue weighted by Gasteiger charge is 2.44. The number of likely N-dealkylation sites (tertiary alicyclic amines) is 1. The predicted octanol–water partition coefficient (Wildman–Crippen LogP) is 3.93. The molecule has 5 nitrogen and oxygen atoms in total. The first-order valence-electron chi connectivity index (χ1n) is 7.83. The van der Waals surface area contributed by atoms with E-state index >= 15 is 0 Å². The number of nitrogens with zero attached hydrogens (tertiary/aromatic N) is 1. The van der Waals surface area contributed by atoms with Gasteiger partial charge in [-0.25, -0.2) is 4.79 Å². The van der Waals surface area contributed by atoms with Gasteiger partial charge in [-0.15, -0.1) is 0 Å². The number of hydrogen-bond acceptors (Lipinski definition) is 4. The molecule has 0 saturated carbocycles. The van der Waals surface area contributed by atoms with Crippen molar-refractivity contribution in [2.24, 2.45) is 0 Å². The number of benzene rings is 1. The topological polar surface area (TPSA) is 50.8 Å². The third-order valence-corrected chi connectivity index (χ3v) is 4.18. The molecule has 1 aromatic carbocycles. The quantitative estimate of drug-likeness (QED) is 0.841. The first-order chi connectivity index (χ1) is 11.8. The Morgan fingerprint density at radius 3 is 2.68 bits per heavy atom. The van der Waals surface area contributed by atoms with Gasteiger partial charge in [0.25, 0.3) is 0 Å². The number of carbonyl (C=O) groups excluding carboxylic acids is 1. The van der Waals surface area contributed by atoms with Crippen molar-refractivity contribution in [2.45, 2.75) is 31.2 Å². The minimum Gasteiger partial charge on any atom is -0.435 e. The predicted molar refractivity (Wildman–Crippen MR) is 87.9 cm³/mol. The Balaban J connectivity index is 1.95. The third-order valence-electron chi connectivity index (χ3n) is 3.92. The highest BCUT2D eigenvalue weighted by atomic mass is 35.5. The lowest BCUT2D eigenvalue weighted by molar-refractivity contribution is -0.208. The monoisotopic (exact) mass is 380 g/mol. The van der Waals surface area contributed by atoms with E-state index < -0.39 is 24.9 Å². The SMILES string of the molecule is COC1CCCN(CC(OC(=O)Nc2ccc(Cl)cc2)C(F)(F)F)C1. The first-order valence-corrected chi connectivity index (χ1v) is 8.21. The standard InChI is InChI=1S/C16H20ClF3N2O3/c1-24-13-3-2-8-22(9-13)10-14(16(18,19)20)25-15(23)21-12-6-4-11(17)5-7-12/h4-7,13-14H,2-3,8-10H2,1H3,(H,21,23). The summed E-state index contributed by atoms with van der Waals surface area (Å²) in [6.45, 7) is 0.469. The van der Waals surface area contributed by atoms with E-state index in [9.17, 15) is 18.0 Å². The Labute approximate surface area is 149 Å². The number of halogens is 4. The Morgan fingerprint density at radius 1 is 1.40 bits per heavy atom. The molecule has 1 aromatic rings. The van der Waals surface area contributed by atoms with E-state index in [0.29, 0.717) is 23.8 Å². The number of ether oxygens (including phenoxy) is 2. The number of piperidine rings is 1. The second kappa shape index (κ2) is 8.73. The molecule has 1 saturated heterocycles. The van der Waals surface area contributed by atoms with Crippen molar-refractivity contribution in [3.63, 3.8) is 0 Å². The van der Waals surface area contributed by atoms with Crippen LogP contribution in [0.4, 0.5) is 23.7 Å². The molecule has 2 atom stereocenters. The van der Waals surface area contributed by atoms with E-state index in [2.05, 4.69) is 10.1 Å². The van der Waals surface area contributed by atoms with E-state index in [-0.39, 0.29) is 6.10 Å². The van der Waals surface area contributed by atoms with Crippen LogP contribution in [-0.4, -0.2) is 56.1 Å². The lowest BCUT2D eigenvalue weighted by Crippen LogP contribution is -2.48. The minimum absolute atomic E-state index is 0.106. The second-order valence-electron chi connectivity index (χ2n) is 5.83. The summed E-state index contributed by atoms with van der Waals surface area (Å²) < 4.78 is 49.5. The van der Waals surface area contributed by atoms with Crippen LogP contribution in [0.3, 0.4) is 0 Å². The van der Waals surface area contributed by atoms with Crippen LogP contribution in [0.25, 0.3) is 0 Å². The molecule has 9 heteroatoms. The summed E-state index contributed by atoms with van der Waals surface area (Å²) in [5, 5.41) is 2.71. The highest BCUT2D eigenvalue weighted by molar-refractivity contribution is 6.30. The zero-order valence-electron chi connectivity index (χ0n) is 13.7. The molecule has 0 spiro atoms. The Bertz CT molecular complexity index is 569. The van der Waals surface area contributed by atoms with Gasteiger partial charge in [0.15, 0.2) is 0 Å². The molecule has 1 heterocycles. The second-order valence-corrected chi connectivity index (χ2v) is 6.26. The first kappa shape index (κ1) is 19.8. The van der Waals surface area contributed by atoms with Crippen LogP contribution in [-0.2, 0) is 9.47 Å². The van der Waals surface area contributed by atoms with Crippen molar-refractivity contribution in [3.05, 3.63) is 29.3 Å². The summed E-state index contributed by atoms with van der Waals surface area (Å²) in [6.07, 6.45) is -6.59. The van der Waals surface area contributed by atoms with Crippen molar-refractivity contribution in [1.82, 2.24) is 4.90 Å². The fraction of sp³-hybridized carbons (Fsp3) is 0.562. The van der Waals surface area contributed by atoms with Gasteiger partial charge in [-0.2, -0.15) is 13.2 Å². The lowest BCUT2D eigenvalue weighted by atomic mass is 10.1. The number of nitrogens with one attached hydrogen (secondary N) is 1. The van der Waals surface area contributed by atoms with Crippen molar-refractivity contribution >= 4 is 23.4 Å². The summed E-state index contributed by atoms with van der Waals surface area (Å²) >= 11 is 5.72. The van der Waals surface area contributed by atoms with Gasteiger partial charge in [-0.3, -0.25) is 10.2 Å². The minimum atomic E-state index is -4.66. The normalized spacial score (nSPS) is 20.1. The fourth-order valence-corrected chi connectivity index (χ4v) is 2.75. The van der Waals surface area contributed by atoms with Gasteiger partial charge in [0.2, 0.25) is 6.10 Å². The van der Waals surface area contributed by atoms with E-state index in [4.69, 9.17) is 16.3 Å². The molecule has 2 rings (SSSR count). The maximum Gasteiger partial charge on any atom is 0.426 e. The Morgan fingerprint density at radius 2 is 2.08 bits per heavy atom. The molecule has 2 unspecified atom stereocenters. The van der Waals surface area contributed by atoms with Crippen LogP contribution in [0, 0.1) is 0 Å². The average molecular weight is 381 g/mol. The van der Waals surface area contributed by atoms with Crippen molar-refractivity contribution in [1.29, 1.82) is 0 Å². The van der Waals surface area contributed by atoms with Gasteiger partial charge >= 0.3 is 12.3 Å². The number of anilines is 1. The smallest absolute Gasteiger partial charge is 0.426 e. The number of methoxy groups -OCH3 is 1. The number of hydrogen-bond donors (Lipinski definition) is 1. The zero-order valence-corrected chi connectivity index (χ0v) is 14.4. The molecule has 1 N–H and O–H groups in total. The Kier molecular flexibility index (Phi) is 6.92. The van der Waals surface area contributed by atoms with Crippen LogP contribution in [0.2, 0.25) is 5.02 Å². The van der Waals surface area contributed by atoms with Gasteiger partial charge in [0, 0.05) is 30.9 Å². The summed E-state index contributed by atoms with van der Waals surface area (Å²) in [4.78, 5) is 13.4. The summed E-state index contributed by atoms with van der Waals surface area (Å²) in [5.41, 5.74) is 0.299. The van der Waals surface area contributed by atoms with Gasteiger partial charge in [0.05, 0.1) is 6.10 Å². The molecule has 0 bridgehead atoms. The van der Waals surface area contributed by atoms with Crippen LogP contribution in [0.5, 0.6) is 0 Å². The molecule has 25 heavy (non-hydrogen) atoms.